The number of benzene rings is 2. The van der Waals surface area contributed by atoms with Crippen LogP contribution in [0.25, 0.3) is 0 Å². The van der Waals surface area contributed by atoms with E-state index in [-0.39, 0.29) is 41.3 Å². The van der Waals surface area contributed by atoms with Gasteiger partial charge in [0.05, 0.1) is 6.42 Å². The normalized spacial score (nSPS) is 14.6. The fraction of sp³-hybridized carbons (Fsp3) is 0.318. The minimum Gasteiger partial charge on any atom is -0.484 e. The van der Waals surface area contributed by atoms with Crippen molar-refractivity contribution in [3.63, 3.8) is 0 Å². The summed E-state index contributed by atoms with van der Waals surface area (Å²) in [7, 11) is 0. The van der Waals surface area contributed by atoms with E-state index in [1.165, 1.54) is 36.4 Å². The molecule has 9 heteroatoms. The largest absolute Gasteiger partial charge is 0.484 e. The zero-order valence-corrected chi connectivity index (χ0v) is 17.3. The van der Waals surface area contributed by atoms with Crippen LogP contribution in [0.2, 0.25) is 5.02 Å². The molecular formula is C22H20ClF2N3O3. The molecule has 6 nitrogen and oxygen atoms in total. The van der Waals surface area contributed by atoms with Crippen LogP contribution in [0.4, 0.5) is 8.78 Å². The van der Waals surface area contributed by atoms with Gasteiger partial charge < -0.3 is 14.2 Å². The van der Waals surface area contributed by atoms with E-state index >= 15 is 0 Å². The van der Waals surface area contributed by atoms with Gasteiger partial charge in [0.2, 0.25) is 5.91 Å². The molecule has 1 amide bonds. The van der Waals surface area contributed by atoms with Gasteiger partial charge in [0.1, 0.15) is 17.4 Å². The van der Waals surface area contributed by atoms with Crippen LogP contribution in [-0.4, -0.2) is 34.0 Å². The number of nitrogens with zero attached hydrogens (tertiary/aromatic N) is 3. The zero-order chi connectivity index (χ0) is 21.8. The number of carbonyl (C=O) groups excluding carboxylic acids is 1. The molecule has 31 heavy (non-hydrogen) atoms. The van der Waals surface area contributed by atoms with Crippen molar-refractivity contribution in [1.82, 2.24) is 15.0 Å². The highest BCUT2D eigenvalue weighted by molar-refractivity contribution is 6.31. The van der Waals surface area contributed by atoms with Gasteiger partial charge in [0.25, 0.3) is 5.89 Å². The third-order valence-corrected chi connectivity index (χ3v) is 5.62. The minimum atomic E-state index is -0.474. The number of hydrogen-bond acceptors (Lipinski definition) is 5. The van der Waals surface area contributed by atoms with Crippen molar-refractivity contribution in [2.75, 3.05) is 13.1 Å². The van der Waals surface area contributed by atoms with Crippen molar-refractivity contribution in [2.24, 2.45) is 0 Å². The van der Waals surface area contributed by atoms with E-state index in [1.807, 2.05) is 0 Å². The number of halogens is 3. The molecule has 162 valence electrons. The summed E-state index contributed by atoms with van der Waals surface area (Å²) in [6.45, 7) is 1.12. The highest BCUT2D eigenvalue weighted by atomic mass is 35.5. The van der Waals surface area contributed by atoms with E-state index in [0.717, 1.165) is 0 Å². The quantitative estimate of drug-likeness (QED) is 0.555. The maximum atomic E-state index is 13.9. The lowest BCUT2D eigenvalue weighted by Gasteiger charge is -2.30. The first-order chi connectivity index (χ1) is 15.0. The Morgan fingerprint density at radius 2 is 1.90 bits per heavy atom. The lowest BCUT2D eigenvalue weighted by atomic mass is 9.95. The van der Waals surface area contributed by atoms with Crippen LogP contribution in [0.15, 0.2) is 47.0 Å². The topological polar surface area (TPSA) is 68.5 Å². The van der Waals surface area contributed by atoms with E-state index in [0.29, 0.717) is 43.4 Å². The van der Waals surface area contributed by atoms with Gasteiger partial charge in [-0.2, -0.15) is 4.98 Å². The summed E-state index contributed by atoms with van der Waals surface area (Å²) in [6, 6.07) is 10.1. The summed E-state index contributed by atoms with van der Waals surface area (Å²) in [5.41, 5.74) is 0.222. The number of amides is 1. The predicted octanol–water partition coefficient (Wildman–Crippen LogP) is 4.53. The maximum absolute atomic E-state index is 13.9. The Kier molecular flexibility index (Phi) is 6.46. The molecule has 2 heterocycles. The average molecular weight is 448 g/mol. The molecule has 1 aromatic heterocycles. The third kappa shape index (κ3) is 5.19. The Bertz CT molecular complexity index is 1030. The van der Waals surface area contributed by atoms with E-state index < -0.39 is 5.82 Å². The second-order valence-electron chi connectivity index (χ2n) is 7.32. The summed E-state index contributed by atoms with van der Waals surface area (Å²) >= 11 is 6.03. The molecule has 0 aliphatic carbocycles. The molecule has 4 rings (SSSR count). The number of hydrogen-bond donors (Lipinski definition) is 0. The fourth-order valence-electron chi connectivity index (χ4n) is 3.52. The molecule has 1 aliphatic rings. The van der Waals surface area contributed by atoms with Crippen molar-refractivity contribution in [3.8, 4) is 5.75 Å². The second-order valence-corrected chi connectivity index (χ2v) is 7.73. The molecule has 0 radical (unpaired) electrons. The Labute approximate surface area is 182 Å². The van der Waals surface area contributed by atoms with Crippen molar-refractivity contribution in [1.29, 1.82) is 0 Å². The summed E-state index contributed by atoms with van der Waals surface area (Å²) in [6.07, 6.45) is 1.28. The maximum Gasteiger partial charge on any atom is 0.264 e. The lowest BCUT2D eigenvalue weighted by Crippen LogP contribution is -2.39. The van der Waals surface area contributed by atoms with Gasteiger partial charge in [0.15, 0.2) is 12.4 Å². The zero-order valence-electron chi connectivity index (χ0n) is 16.6. The SMILES string of the molecule is O=C(Cc1c(F)cccc1Cl)N1CCC(c2noc(COc3ccc(F)cc3)n2)CC1. The molecule has 3 aromatic rings. The number of ether oxygens (including phenoxy) is 1. The van der Waals surface area contributed by atoms with Crippen molar-refractivity contribution < 1.29 is 22.8 Å². The number of carbonyl (C=O) groups is 1. The van der Waals surface area contributed by atoms with Gasteiger partial charge in [-0.1, -0.05) is 22.8 Å². The average Bonchev–Trinajstić information content (AvgIpc) is 3.25. The molecule has 1 saturated heterocycles. The number of likely N-dealkylation sites (tertiary alicyclic amines) is 1. The summed E-state index contributed by atoms with van der Waals surface area (Å²) in [5.74, 6) is 0.487. The van der Waals surface area contributed by atoms with Gasteiger partial charge in [-0.3, -0.25) is 4.79 Å². The van der Waals surface area contributed by atoms with E-state index in [9.17, 15) is 13.6 Å². The highest BCUT2D eigenvalue weighted by Gasteiger charge is 2.27. The van der Waals surface area contributed by atoms with E-state index in [4.69, 9.17) is 20.9 Å². The molecule has 0 bridgehead atoms. The van der Waals surface area contributed by atoms with Crippen molar-refractivity contribution in [3.05, 3.63) is 76.4 Å². The van der Waals surface area contributed by atoms with Crippen LogP contribution in [0, 0.1) is 11.6 Å². The molecule has 2 aromatic carbocycles. The Morgan fingerprint density at radius 3 is 2.61 bits per heavy atom. The standard InChI is InChI=1S/C22H20ClF2N3O3/c23-18-2-1-3-19(25)17(18)12-21(29)28-10-8-14(9-11-28)22-26-20(31-27-22)13-30-16-6-4-15(24)5-7-16/h1-7,14H,8-13H2. The molecule has 0 spiro atoms. The van der Waals surface area contributed by atoms with Crippen LogP contribution in [-0.2, 0) is 17.8 Å². The molecule has 0 atom stereocenters. The van der Waals surface area contributed by atoms with Crippen LogP contribution >= 0.6 is 11.6 Å². The minimum absolute atomic E-state index is 0.0596. The smallest absolute Gasteiger partial charge is 0.264 e. The van der Waals surface area contributed by atoms with Crippen LogP contribution in [0.1, 0.15) is 36.0 Å². The summed E-state index contributed by atoms with van der Waals surface area (Å²) < 4.78 is 37.6. The highest BCUT2D eigenvalue weighted by Crippen LogP contribution is 2.27. The molecule has 1 fully saturated rings. The fourth-order valence-corrected chi connectivity index (χ4v) is 3.75. The van der Waals surface area contributed by atoms with E-state index in [1.54, 1.807) is 11.0 Å². The third-order valence-electron chi connectivity index (χ3n) is 5.26. The number of aromatic nitrogens is 2. The first kappa shape index (κ1) is 21.2. The monoisotopic (exact) mass is 447 g/mol. The predicted molar refractivity (Wildman–Crippen MR) is 109 cm³/mol. The summed E-state index contributed by atoms with van der Waals surface area (Å²) in [4.78, 5) is 18.7. The van der Waals surface area contributed by atoms with Gasteiger partial charge in [-0.15, -0.1) is 0 Å². The van der Waals surface area contributed by atoms with Gasteiger partial charge in [-0.05, 0) is 49.2 Å². The van der Waals surface area contributed by atoms with Crippen LogP contribution < -0.4 is 4.74 Å². The van der Waals surface area contributed by atoms with Crippen molar-refractivity contribution in [2.45, 2.75) is 31.8 Å². The van der Waals surface area contributed by atoms with Gasteiger partial charge in [-0.25, -0.2) is 8.78 Å². The van der Waals surface area contributed by atoms with Crippen molar-refractivity contribution >= 4 is 17.5 Å². The molecular weight excluding hydrogens is 428 g/mol. The Balaban J connectivity index is 1.29. The molecule has 0 unspecified atom stereocenters. The number of rotatable bonds is 6. The van der Waals surface area contributed by atoms with Crippen LogP contribution in [0.3, 0.4) is 0 Å². The first-order valence-electron chi connectivity index (χ1n) is 9.91. The van der Waals surface area contributed by atoms with Gasteiger partial charge in [0, 0.05) is 29.6 Å². The van der Waals surface area contributed by atoms with Crippen LogP contribution in [0.5, 0.6) is 5.75 Å². The number of piperidine rings is 1. The molecule has 0 saturated carbocycles. The lowest BCUT2D eigenvalue weighted by molar-refractivity contribution is -0.131. The van der Waals surface area contributed by atoms with E-state index in [2.05, 4.69) is 10.1 Å². The molecule has 0 N–H and O–H groups in total. The Morgan fingerprint density at radius 1 is 1.16 bits per heavy atom. The molecule has 1 aliphatic heterocycles. The first-order valence-corrected chi connectivity index (χ1v) is 10.3. The van der Waals surface area contributed by atoms with Gasteiger partial charge >= 0.3 is 0 Å². The Hall–Kier alpha value is -3.00. The second kappa shape index (κ2) is 9.43. The summed E-state index contributed by atoms with van der Waals surface area (Å²) in [5, 5.41) is 4.29.